The summed E-state index contributed by atoms with van der Waals surface area (Å²) < 4.78 is 35.8. The summed E-state index contributed by atoms with van der Waals surface area (Å²) >= 11 is 0. The summed E-state index contributed by atoms with van der Waals surface area (Å²) in [4.78, 5) is 0. The van der Waals surface area contributed by atoms with Crippen LogP contribution in [0, 0.1) is 0 Å². The van der Waals surface area contributed by atoms with Gasteiger partial charge in [-0.2, -0.15) is 13.2 Å². The van der Waals surface area contributed by atoms with E-state index in [1.165, 1.54) is 12.1 Å². The molecule has 0 amide bonds. The fourth-order valence-electron chi connectivity index (χ4n) is 1.18. The molecule has 0 saturated heterocycles. The smallest absolute Gasteiger partial charge is 0.414 e. The number of aliphatic hydroxyl groups is 1. The van der Waals surface area contributed by atoms with E-state index < -0.39 is 18.7 Å². The average molecular weight is 220 g/mol. The Balaban J connectivity index is 2.55. The number of benzene rings is 1. The van der Waals surface area contributed by atoms with Gasteiger partial charge in [0, 0.05) is 0 Å². The van der Waals surface area contributed by atoms with Crippen LogP contribution in [0.3, 0.4) is 0 Å². The van der Waals surface area contributed by atoms with Gasteiger partial charge in [-0.05, 0) is 24.5 Å². The average Bonchev–Trinajstić information content (AvgIpc) is 2.14. The van der Waals surface area contributed by atoms with E-state index in [0.29, 0.717) is 5.56 Å². The van der Waals surface area contributed by atoms with Gasteiger partial charge >= 0.3 is 6.18 Å². The van der Waals surface area contributed by atoms with E-state index in [9.17, 15) is 18.3 Å². The van der Waals surface area contributed by atoms with Gasteiger partial charge in [-0.1, -0.05) is 18.2 Å². The molecule has 0 saturated carbocycles. The van der Waals surface area contributed by atoms with Crippen molar-refractivity contribution in [3.05, 3.63) is 29.8 Å². The Morgan fingerprint density at radius 2 is 1.80 bits per heavy atom. The summed E-state index contributed by atoms with van der Waals surface area (Å²) in [5, 5.41) is 18.0. The molecular formula is C10H11F3O2. The van der Waals surface area contributed by atoms with Crippen LogP contribution in [0.15, 0.2) is 24.3 Å². The number of aromatic hydroxyl groups is 1. The van der Waals surface area contributed by atoms with Crippen molar-refractivity contribution >= 4 is 0 Å². The SMILES string of the molecule is Oc1ccccc1CCC(O)C(F)(F)F. The van der Waals surface area contributed by atoms with Gasteiger partial charge in [0.25, 0.3) is 0 Å². The van der Waals surface area contributed by atoms with Crippen LogP contribution in [0.5, 0.6) is 5.75 Å². The van der Waals surface area contributed by atoms with Crippen LogP contribution >= 0.6 is 0 Å². The number of para-hydroxylation sites is 1. The van der Waals surface area contributed by atoms with Crippen molar-refractivity contribution in [3.63, 3.8) is 0 Å². The van der Waals surface area contributed by atoms with Crippen molar-refractivity contribution in [2.24, 2.45) is 0 Å². The van der Waals surface area contributed by atoms with Gasteiger partial charge in [0.1, 0.15) is 11.9 Å². The third-order valence-electron chi connectivity index (χ3n) is 2.06. The number of halogens is 3. The number of hydrogen-bond donors (Lipinski definition) is 2. The lowest BCUT2D eigenvalue weighted by Gasteiger charge is -2.14. The predicted molar refractivity (Wildman–Crippen MR) is 48.5 cm³/mol. The Morgan fingerprint density at radius 1 is 1.20 bits per heavy atom. The van der Waals surface area contributed by atoms with E-state index in [1.807, 2.05) is 0 Å². The van der Waals surface area contributed by atoms with Crippen molar-refractivity contribution in [1.29, 1.82) is 0 Å². The van der Waals surface area contributed by atoms with Gasteiger partial charge in [0.05, 0.1) is 0 Å². The number of rotatable bonds is 3. The first-order chi connectivity index (χ1) is 6.91. The van der Waals surface area contributed by atoms with Crippen LogP contribution in [0.4, 0.5) is 13.2 Å². The Morgan fingerprint density at radius 3 is 2.33 bits per heavy atom. The summed E-state index contributed by atoms with van der Waals surface area (Å²) in [6.45, 7) is 0. The maximum atomic E-state index is 11.9. The summed E-state index contributed by atoms with van der Waals surface area (Å²) in [5.74, 6) is -0.0492. The predicted octanol–water partition coefficient (Wildman–Crippen LogP) is 2.25. The van der Waals surface area contributed by atoms with Gasteiger partial charge in [0.15, 0.2) is 0 Å². The molecule has 0 aromatic heterocycles. The number of hydrogen-bond acceptors (Lipinski definition) is 2. The molecule has 0 heterocycles. The van der Waals surface area contributed by atoms with Gasteiger partial charge in [-0.25, -0.2) is 0 Å². The highest BCUT2D eigenvalue weighted by Crippen LogP contribution is 2.25. The molecule has 5 heteroatoms. The zero-order valence-electron chi connectivity index (χ0n) is 7.83. The quantitative estimate of drug-likeness (QED) is 0.820. The first kappa shape index (κ1) is 11.8. The number of aryl methyl sites for hydroxylation is 1. The Bertz CT molecular complexity index is 323. The van der Waals surface area contributed by atoms with E-state index in [0.717, 1.165) is 0 Å². The second kappa shape index (κ2) is 4.53. The van der Waals surface area contributed by atoms with E-state index in [2.05, 4.69) is 0 Å². The molecule has 0 aliphatic heterocycles. The number of phenols is 1. The van der Waals surface area contributed by atoms with Crippen LogP contribution in [-0.2, 0) is 6.42 Å². The Labute approximate surface area is 85.0 Å². The lowest BCUT2D eigenvalue weighted by molar-refractivity contribution is -0.205. The first-order valence-electron chi connectivity index (χ1n) is 4.43. The van der Waals surface area contributed by atoms with Gasteiger partial charge in [-0.3, -0.25) is 0 Å². The highest BCUT2D eigenvalue weighted by Gasteiger charge is 2.37. The lowest BCUT2D eigenvalue weighted by atomic mass is 10.1. The van der Waals surface area contributed by atoms with Gasteiger partial charge < -0.3 is 10.2 Å². The molecule has 84 valence electrons. The zero-order valence-corrected chi connectivity index (χ0v) is 7.83. The fraction of sp³-hybridized carbons (Fsp3) is 0.400. The molecule has 15 heavy (non-hydrogen) atoms. The molecule has 1 atom stereocenters. The summed E-state index contributed by atoms with van der Waals surface area (Å²) in [6, 6.07) is 6.13. The molecule has 1 unspecified atom stereocenters. The topological polar surface area (TPSA) is 40.5 Å². The van der Waals surface area contributed by atoms with Crippen LogP contribution in [0.2, 0.25) is 0 Å². The number of phenolic OH excluding ortho intramolecular Hbond substituents is 1. The van der Waals surface area contributed by atoms with Crippen LogP contribution < -0.4 is 0 Å². The lowest BCUT2D eigenvalue weighted by Crippen LogP contribution is -2.28. The first-order valence-corrected chi connectivity index (χ1v) is 4.43. The third-order valence-corrected chi connectivity index (χ3v) is 2.06. The highest BCUT2D eigenvalue weighted by atomic mass is 19.4. The molecule has 0 radical (unpaired) electrons. The molecule has 0 bridgehead atoms. The van der Waals surface area contributed by atoms with Gasteiger partial charge in [-0.15, -0.1) is 0 Å². The fourth-order valence-corrected chi connectivity index (χ4v) is 1.18. The standard InChI is InChI=1S/C10H11F3O2/c11-10(12,13)9(15)6-5-7-3-1-2-4-8(7)14/h1-4,9,14-15H,5-6H2. The van der Waals surface area contributed by atoms with Gasteiger partial charge in [0.2, 0.25) is 0 Å². The largest absolute Gasteiger partial charge is 0.508 e. The summed E-state index contributed by atoms with van der Waals surface area (Å²) in [6.07, 6.45) is -7.38. The molecule has 2 N–H and O–H groups in total. The molecule has 0 aliphatic carbocycles. The maximum Gasteiger partial charge on any atom is 0.414 e. The van der Waals surface area contributed by atoms with E-state index in [-0.39, 0.29) is 12.2 Å². The van der Waals surface area contributed by atoms with Crippen molar-refractivity contribution in [2.75, 3.05) is 0 Å². The number of aliphatic hydroxyl groups excluding tert-OH is 1. The maximum absolute atomic E-state index is 11.9. The van der Waals surface area contributed by atoms with E-state index in [1.54, 1.807) is 12.1 Å². The second-order valence-electron chi connectivity index (χ2n) is 3.22. The summed E-state index contributed by atoms with van der Waals surface area (Å²) in [5.41, 5.74) is 0.404. The molecule has 0 aliphatic rings. The molecule has 1 rings (SSSR count). The minimum Gasteiger partial charge on any atom is -0.508 e. The minimum absolute atomic E-state index is 0.00660. The highest BCUT2D eigenvalue weighted by molar-refractivity contribution is 5.31. The monoisotopic (exact) mass is 220 g/mol. The third kappa shape index (κ3) is 3.43. The van der Waals surface area contributed by atoms with Crippen LogP contribution in [0.1, 0.15) is 12.0 Å². The Hall–Kier alpha value is -1.23. The second-order valence-corrected chi connectivity index (χ2v) is 3.22. The molecule has 0 fully saturated rings. The van der Waals surface area contributed by atoms with Crippen molar-refractivity contribution in [3.8, 4) is 5.75 Å². The molecular weight excluding hydrogens is 209 g/mol. The number of alkyl halides is 3. The minimum atomic E-state index is -4.59. The van der Waals surface area contributed by atoms with Crippen LogP contribution in [-0.4, -0.2) is 22.5 Å². The summed E-state index contributed by atoms with van der Waals surface area (Å²) in [7, 11) is 0. The van der Waals surface area contributed by atoms with Crippen molar-refractivity contribution < 1.29 is 23.4 Å². The normalized spacial score (nSPS) is 13.9. The molecule has 1 aromatic carbocycles. The molecule has 1 aromatic rings. The van der Waals surface area contributed by atoms with Crippen LogP contribution in [0.25, 0.3) is 0 Å². The zero-order chi connectivity index (χ0) is 11.5. The van der Waals surface area contributed by atoms with E-state index >= 15 is 0 Å². The molecule has 0 spiro atoms. The molecule has 2 nitrogen and oxygen atoms in total. The Kier molecular flexibility index (Phi) is 3.57. The van der Waals surface area contributed by atoms with Crippen molar-refractivity contribution in [2.45, 2.75) is 25.1 Å². The van der Waals surface area contributed by atoms with E-state index in [4.69, 9.17) is 5.11 Å². The van der Waals surface area contributed by atoms with Crippen molar-refractivity contribution in [1.82, 2.24) is 0 Å².